The van der Waals surface area contributed by atoms with Gasteiger partial charge < -0.3 is 10.2 Å². The van der Waals surface area contributed by atoms with Crippen molar-refractivity contribution in [3.8, 4) is 0 Å². The Labute approximate surface area is 119 Å². The first kappa shape index (κ1) is 14.7. The molecule has 4 nitrogen and oxygen atoms in total. The van der Waals surface area contributed by atoms with Crippen LogP contribution in [0.1, 0.15) is 39.5 Å². The Kier molecular flexibility index (Phi) is 4.43. The SMILES string of the molecule is CCC1(CC)C(=O)NC(C2CC2)C(=O)N1CCSC. The molecular weight excluding hydrogens is 260 g/mol. The Bertz CT molecular complexity index is 364. The van der Waals surface area contributed by atoms with Crippen LogP contribution in [0.15, 0.2) is 0 Å². The second-order valence-electron chi connectivity index (χ2n) is 5.51. The van der Waals surface area contributed by atoms with Crippen LogP contribution < -0.4 is 5.32 Å². The summed E-state index contributed by atoms with van der Waals surface area (Å²) in [5.41, 5.74) is -0.627. The van der Waals surface area contributed by atoms with Crippen molar-refractivity contribution in [2.24, 2.45) is 5.92 Å². The van der Waals surface area contributed by atoms with Crippen molar-refractivity contribution in [1.29, 1.82) is 0 Å². The van der Waals surface area contributed by atoms with Gasteiger partial charge >= 0.3 is 0 Å². The Hall–Kier alpha value is -0.710. The lowest BCUT2D eigenvalue weighted by atomic mass is 9.85. The van der Waals surface area contributed by atoms with E-state index >= 15 is 0 Å². The summed E-state index contributed by atoms with van der Waals surface area (Å²) in [7, 11) is 0. The van der Waals surface area contributed by atoms with Gasteiger partial charge in [0.1, 0.15) is 11.6 Å². The second-order valence-corrected chi connectivity index (χ2v) is 6.50. The minimum Gasteiger partial charge on any atom is -0.342 e. The molecule has 0 radical (unpaired) electrons. The van der Waals surface area contributed by atoms with Crippen molar-refractivity contribution in [3.63, 3.8) is 0 Å². The van der Waals surface area contributed by atoms with Gasteiger partial charge in [0.15, 0.2) is 0 Å². The fourth-order valence-corrected chi connectivity index (χ4v) is 3.41. The van der Waals surface area contributed by atoms with Gasteiger partial charge in [-0.15, -0.1) is 0 Å². The molecule has 0 spiro atoms. The van der Waals surface area contributed by atoms with Gasteiger partial charge in [-0.1, -0.05) is 13.8 Å². The molecular formula is C14H24N2O2S. The normalized spacial score (nSPS) is 26.5. The zero-order valence-corrected chi connectivity index (χ0v) is 12.9. The third-order valence-electron chi connectivity index (χ3n) is 4.54. The standard InChI is InChI=1S/C14H24N2O2S/c1-4-14(5-2)13(18)15-11(10-6-7-10)12(17)16(14)8-9-19-3/h10-11H,4-9H2,1-3H3,(H,15,18). The van der Waals surface area contributed by atoms with Crippen LogP contribution in [0.5, 0.6) is 0 Å². The van der Waals surface area contributed by atoms with Gasteiger partial charge in [-0.3, -0.25) is 9.59 Å². The lowest BCUT2D eigenvalue weighted by Crippen LogP contribution is -2.71. The van der Waals surface area contributed by atoms with Crippen LogP contribution >= 0.6 is 11.8 Å². The van der Waals surface area contributed by atoms with Crippen LogP contribution in [-0.2, 0) is 9.59 Å². The number of hydrogen-bond donors (Lipinski definition) is 1. The number of thioether (sulfide) groups is 1. The van der Waals surface area contributed by atoms with Gasteiger partial charge in [0.2, 0.25) is 11.8 Å². The van der Waals surface area contributed by atoms with Crippen LogP contribution in [0.25, 0.3) is 0 Å². The fourth-order valence-electron chi connectivity index (χ4n) is 3.05. The highest BCUT2D eigenvalue weighted by molar-refractivity contribution is 7.98. The van der Waals surface area contributed by atoms with E-state index < -0.39 is 5.54 Å². The van der Waals surface area contributed by atoms with Gasteiger partial charge in [-0.25, -0.2) is 0 Å². The largest absolute Gasteiger partial charge is 0.342 e. The maximum atomic E-state index is 12.7. The monoisotopic (exact) mass is 284 g/mol. The van der Waals surface area contributed by atoms with Crippen LogP contribution in [0.2, 0.25) is 0 Å². The topological polar surface area (TPSA) is 49.4 Å². The Morgan fingerprint density at radius 3 is 2.42 bits per heavy atom. The molecule has 108 valence electrons. The summed E-state index contributed by atoms with van der Waals surface area (Å²) in [6, 6.07) is -0.263. The fraction of sp³-hybridized carbons (Fsp3) is 0.857. The summed E-state index contributed by atoms with van der Waals surface area (Å²) >= 11 is 1.72. The molecule has 5 heteroatoms. The van der Waals surface area contributed by atoms with Gasteiger partial charge in [0.05, 0.1) is 0 Å². The summed E-state index contributed by atoms with van der Waals surface area (Å²) in [6.07, 6.45) is 5.54. The number of rotatable bonds is 6. The highest BCUT2D eigenvalue weighted by Crippen LogP contribution is 2.38. The first-order valence-electron chi connectivity index (χ1n) is 7.22. The molecule has 2 aliphatic rings. The molecule has 1 heterocycles. The molecule has 1 saturated carbocycles. The predicted octanol–water partition coefficient (Wildman–Crippen LogP) is 1.65. The van der Waals surface area contributed by atoms with Gasteiger partial charge in [0, 0.05) is 12.3 Å². The smallest absolute Gasteiger partial charge is 0.246 e. The summed E-state index contributed by atoms with van der Waals surface area (Å²) in [6.45, 7) is 4.68. The van der Waals surface area contributed by atoms with Crippen molar-refractivity contribution in [1.82, 2.24) is 10.2 Å². The summed E-state index contributed by atoms with van der Waals surface area (Å²) in [5.74, 6) is 1.45. The molecule has 2 rings (SSSR count). The number of nitrogens with one attached hydrogen (secondary N) is 1. The van der Waals surface area contributed by atoms with Crippen molar-refractivity contribution >= 4 is 23.6 Å². The Balaban J connectivity index is 2.26. The highest BCUT2D eigenvalue weighted by atomic mass is 32.2. The van der Waals surface area contributed by atoms with E-state index in [9.17, 15) is 9.59 Å². The molecule has 2 fully saturated rings. The van der Waals surface area contributed by atoms with Crippen molar-refractivity contribution in [2.75, 3.05) is 18.6 Å². The molecule has 19 heavy (non-hydrogen) atoms. The van der Waals surface area contributed by atoms with Crippen LogP contribution in [0, 0.1) is 5.92 Å². The van der Waals surface area contributed by atoms with Crippen molar-refractivity contribution in [3.05, 3.63) is 0 Å². The number of carbonyl (C=O) groups excluding carboxylic acids is 2. The van der Waals surface area contributed by atoms with E-state index in [1.165, 1.54) is 0 Å². The third kappa shape index (κ3) is 2.49. The van der Waals surface area contributed by atoms with Crippen molar-refractivity contribution < 1.29 is 9.59 Å². The molecule has 0 aromatic carbocycles. The Morgan fingerprint density at radius 2 is 1.95 bits per heavy atom. The first-order chi connectivity index (χ1) is 9.10. The molecule has 2 amide bonds. The number of amides is 2. The third-order valence-corrected chi connectivity index (χ3v) is 5.13. The summed E-state index contributed by atoms with van der Waals surface area (Å²) in [5, 5.41) is 2.99. The van der Waals surface area contributed by atoms with Crippen LogP contribution in [0.3, 0.4) is 0 Å². The quantitative estimate of drug-likeness (QED) is 0.807. The summed E-state index contributed by atoms with van der Waals surface area (Å²) in [4.78, 5) is 27.1. The molecule has 1 aliphatic heterocycles. The lowest BCUT2D eigenvalue weighted by Gasteiger charge is -2.47. The molecule has 1 aliphatic carbocycles. The number of piperazine rings is 1. The van der Waals surface area contributed by atoms with Gasteiger partial charge in [0.25, 0.3) is 0 Å². The average Bonchev–Trinajstić information content (AvgIpc) is 3.24. The summed E-state index contributed by atoms with van der Waals surface area (Å²) < 4.78 is 0. The van der Waals surface area contributed by atoms with E-state index in [-0.39, 0.29) is 17.9 Å². The highest BCUT2D eigenvalue weighted by Gasteiger charge is 2.53. The van der Waals surface area contributed by atoms with E-state index in [1.807, 2.05) is 25.0 Å². The molecule has 0 aromatic rings. The molecule has 1 unspecified atom stereocenters. The van der Waals surface area contributed by atoms with Gasteiger partial charge in [-0.2, -0.15) is 11.8 Å². The van der Waals surface area contributed by atoms with Crippen LogP contribution in [-0.4, -0.2) is 46.8 Å². The molecule has 0 aromatic heterocycles. The maximum Gasteiger partial charge on any atom is 0.246 e. The average molecular weight is 284 g/mol. The molecule has 0 bridgehead atoms. The van der Waals surface area contributed by atoms with E-state index in [0.29, 0.717) is 25.3 Å². The molecule has 1 saturated heterocycles. The predicted molar refractivity (Wildman–Crippen MR) is 78.1 cm³/mol. The minimum atomic E-state index is -0.627. The van der Waals surface area contributed by atoms with Gasteiger partial charge in [-0.05, 0) is 37.9 Å². The number of hydrogen-bond acceptors (Lipinski definition) is 3. The zero-order valence-electron chi connectivity index (χ0n) is 12.1. The number of carbonyl (C=O) groups is 2. The minimum absolute atomic E-state index is 0.0510. The van der Waals surface area contributed by atoms with E-state index in [2.05, 4.69) is 5.32 Å². The maximum absolute atomic E-state index is 12.7. The zero-order chi connectivity index (χ0) is 14.0. The molecule has 1 N–H and O–H groups in total. The van der Waals surface area contributed by atoms with Crippen molar-refractivity contribution in [2.45, 2.75) is 51.1 Å². The number of nitrogens with zero attached hydrogens (tertiary/aromatic N) is 1. The second kappa shape index (κ2) is 5.73. The van der Waals surface area contributed by atoms with Crippen LogP contribution in [0.4, 0.5) is 0 Å². The van der Waals surface area contributed by atoms with E-state index in [0.717, 1.165) is 18.6 Å². The van der Waals surface area contributed by atoms with E-state index in [4.69, 9.17) is 0 Å². The van der Waals surface area contributed by atoms with E-state index in [1.54, 1.807) is 11.8 Å². The lowest BCUT2D eigenvalue weighted by molar-refractivity contribution is -0.158. The Morgan fingerprint density at radius 1 is 1.32 bits per heavy atom. The molecule has 1 atom stereocenters. The first-order valence-corrected chi connectivity index (χ1v) is 8.61.